The van der Waals surface area contributed by atoms with Gasteiger partial charge in [0.25, 0.3) is 5.91 Å². The van der Waals surface area contributed by atoms with Crippen molar-refractivity contribution in [2.24, 2.45) is 7.05 Å². The molecule has 0 aliphatic carbocycles. The number of aromatic nitrogens is 2. The van der Waals surface area contributed by atoms with E-state index in [1.807, 2.05) is 19.2 Å². The molecule has 7 nitrogen and oxygen atoms in total. The van der Waals surface area contributed by atoms with Crippen LogP contribution in [-0.2, 0) is 34.3 Å². The Kier molecular flexibility index (Phi) is 5.14. The van der Waals surface area contributed by atoms with Crippen LogP contribution in [0.25, 0.3) is 0 Å². The molecule has 132 valence electrons. The van der Waals surface area contributed by atoms with E-state index in [9.17, 15) is 9.59 Å². The number of fused-ring (bicyclic) bond motifs is 1. The second-order valence-corrected chi connectivity index (χ2v) is 5.88. The van der Waals surface area contributed by atoms with Crippen LogP contribution in [0.4, 0.5) is 5.69 Å². The number of nitrogens with zero attached hydrogens (tertiary/aromatic N) is 3. The van der Waals surface area contributed by atoms with Crippen LogP contribution in [0.15, 0.2) is 30.5 Å². The fourth-order valence-corrected chi connectivity index (χ4v) is 3.05. The van der Waals surface area contributed by atoms with Crippen LogP contribution < -0.4 is 4.90 Å². The first kappa shape index (κ1) is 17.2. The molecule has 1 aromatic carbocycles. The molecule has 25 heavy (non-hydrogen) atoms. The van der Waals surface area contributed by atoms with Crippen molar-refractivity contribution >= 4 is 17.6 Å². The third-order valence-electron chi connectivity index (χ3n) is 4.35. The van der Waals surface area contributed by atoms with Crippen LogP contribution in [-0.4, -0.2) is 41.9 Å². The molecular formula is C18H21N3O4. The van der Waals surface area contributed by atoms with Crippen molar-refractivity contribution in [2.45, 2.75) is 19.4 Å². The average molecular weight is 343 g/mol. The fourth-order valence-electron chi connectivity index (χ4n) is 3.05. The van der Waals surface area contributed by atoms with Crippen LogP contribution in [0.1, 0.15) is 28.0 Å². The molecule has 0 unspecified atom stereocenters. The van der Waals surface area contributed by atoms with Crippen molar-refractivity contribution in [3.05, 3.63) is 47.3 Å². The van der Waals surface area contributed by atoms with E-state index in [4.69, 9.17) is 9.47 Å². The van der Waals surface area contributed by atoms with Crippen LogP contribution in [0.3, 0.4) is 0 Å². The lowest BCUT2D eigenvalue weighted by atomic mass is 9.96. The zero-order valence-corrected chi connectivity index (χ0v) is 14.4. The number of amides is 1. The summed E-state index contributed by atoms with van der Waals surface area (Å²) in [5, 5.41) is 4.07. The van der Waals surface area contributed by atoms with Crippen molar-refractivity contribution in [3.8, 4) is 0 Å². The van der Waals surface area contributed by atoms with Gasteiger partial charge < -0.3 is 14.4 Å². The van der Waals surface area contributed by atoms with Crippen molar-refractivity contribution in [1.29, 1.82) is 0 Å². The van der Waals surface area contributed by atoms with E-state index in [0.717, 1.165) is 29.8 Å². The molecule has 0 spiro atoms. The Labute approximate surface area is 146 Å². The number of methoxy groups -OCH3 is 1. The summed E-state index contributed by atoms with van der Waals surface area (Å²) >= 11 is 0. The molecule has 0 atom stereocenters. The lowest BCUT2D eigenvalue weighted by Gasteiger charge is -2.30. The molecule has 1 aromatic heterocycles. The summed E-state index contributed by atoms with van der Waals surface area (Å²) in [5.41, 5.74) is 3.05. The molecule has 0 saturated heterocycles. The van der Waals surface area contributed by atoms with Gasteiger partial charge in [-0.05, 0) is 36.6 Å². The zero-order valence-electron chi connectivity index (χ0n) is 14.4. The van der Waals surface area contributed by atoms with Crippen LogP contribution >= 0.6 is 0 Å². The summed E-state index contributed by atoms with van der Waals surface area (Å²) in [5.74, 6) is -0.497. The van der Waals surface area contributed by atoms with Crippen molar-refractivity contribution < 1.29 is 19.1 Å². The molecule has 0 bridgehead atoms. The molecule has 1 aliphatic rings. The number of hydrogen-bond acceptors (Lipinski definition) is 5. The fraction of sp³-hybridized carbons (Fsp3) is 0.389. The minimum atomic E-state index is -0.376. The van der Waals surface area contributed by atoms with Crippen LogP contribution in [0.5, 0.6) is 0 Å². The SMILES string of the molecule is COC(=O)c1cccc2c1CCCN2C(=O)COCc1ccnn1C. The number of carbonyl (C=O) groups excluding carboxylic acids is 2. The van der Waals surface area contributed by atoms with E-state index in [-0.39, 0.29) is 18.5 Å². The molecule has 2 aromatic rings. The van der Waals surface area contributed by atoms with Gasteiger partial charge in [0.15, 0.2) is 0 Å². The third-order valence-corrected chi connectivity index (χ3v) is 4.35. The predicted octanol–water partition coefficient (Wildman–Crippen LogP) is 1.70. The molecule has 1 aliphatic heterocycles. The van der Waals surface area contributed by atoms with Gasteiger partial charge in [-0.15, -0.1) is 0 Å². The number of anilines is 1. The molecule has 3 rings (SSSR count). The minimum absolute atomic E-state index is 0.0208. The number of rotatable bonds is 5. The number of esters is 1. The lowest BCUT2D eigenvalue weighted by Crippen LogP contribution is -2.38. The van der Waals surface area contributed by atoms with Gasteiger partial charge in [-0.25, -0.2) is 4.79 Å². The van der Waals surface area contributed by atoms with Gasteiger partial charge in [0.2, 0.25) is 0 Å². The molecular weight excluding hydrogens is 322 g/mol. The largest absolute Gasteiger partial charge is 0.465 e. The van der Waals surface area contributed by atoms with Gasteiger partial charge >= 0.3 is 5.97 Å². The van der Waals surface area contributed by atoms with Crippen molar-refractivity contribution in [3.63, 3.8) is 0 Å². The maximum Gasteiger partial charge on any atom is 0.338 e. The van der Waals surface area contributed by atoms with E-state index in [0.29, 0.717) is 18.7 Å². The topological polar surface area (TPSA) is 73.7 Å². The van der Waals surface area contributed by atoms with Gasteiger partial charge in [0, 0.05) is 25.5 Å². The highest BCUT2D eigenvalue weighted by Gasteiger charge is 2.26. The third kappa shape index (κ3) is 3.56. The van der Waals surface area contributed by atoms with Crippen LogP contribution in [0.2, 0.25) is 0 Å². The van der Waals surface area contributed by atoms with Crippen molar-refractivity contribution in [2.75, 3.05) is 25.2 Å². The first-order valence-electron chi connectivity index (χ1n) is 8.17. The Morgan fingerprint density at radius 3 is 2.84 bits per heavy atom. The maximum atomic E-state index is 12.6. The summed E-state index contributed by atoms with van der Waals surface area (Å²) in [6, 6.07) is 7.22. The Bertz CT molecular complexity index is 784. The summed E-state index contributed by atoms with van der Waals surface area (Å²) in [6.45, 7) is 0.920. The van der Waals surface area contributed by atoms with Crippen molar-refractivity contribution in [1.82, 2.24) is 9.78 Å². The summed E-state index contributed by atoms with van der Waals surface area (Å²) in [7, 11) is 3.19. The Morgan fingerprint density at radius 2 is 2.12 bits per heavy atom. The Balaban J connectivity index is 1.71. The van der Waals surface area contributed by atoms with E-state index >= 15 is 0 Å². The molecule has 0 radical (unpaired) electrons. The maximum absolute atomic E-state index is 12.6. The normalized spacial score (nSPS) is 13.4. The molecule has 0 fully saturated rings. The monoisotopic (exact) mass is 343 g/mol. The van der Waals surface area contributed by atoms with Gasteiger partial charge in [-0.1, -0.05) is 6.07 Å². The van der Waals surface area contributed by atoms with Gasteiger partial charge in [0.1, 0.15) is 6.61 Å². The summed E-state index contributed by atoms with van der Waals surface area (Å²) in [6.07, 6.45) is 3.24. The second kappa shape index (κ2) is 7.48. The Morgan fingerprint density at radius 1 is 1.28 bits per heavy atom. The molecule has 2 heterocycles. The number of hydrogen-bond donors (Lipinski definition) is 0. The molecule has 7 heteroatoms. The summed E-state index contributed by atoms with van der Waals surface area (Å²) < 4.78 is 12.1. The number of carbonyl (C=O) groups is 2. The van der Waals surface area contributed by atoms with E-state index in [1.165, 1.54) is 7.11 Å². The van der Waals surface area contributed by atoms with E-state index < -0.39 is 0 Å². The van der Waals surface area contributed by atoms with E-state index in [2.05, 4.69) is 5.10 Å². The number of ether oxygens (including phenoxy) is 2. The zero-order chi connectivity index (χ0) is 17.8. The first-order valence-corrected chi connectivity index (χ1v) is 8.17. The van der Waals surface area contributed by atoms with Gasteiger partial charge in [0.05, 0.1) is 25.0 Å². The van der Waals surface area contributed by atoms with Gasteiger partial charge in [-0.3, -0.25) is 9.48 Å². The number of aryl methyl sites for hydroxylation is 1. The van der Waals surface area contributed by atoms with Gasteiger partial charge in [-0.2, -0.15) is 5.10 Å². The number of benzene rings is 1. The Hall–Kier alpha value is -2.67. The minimum Gasteiger partial charge on any atom is -0.465 e. The smallest absolute Gasteiger partial charge is 0.338 e. The second-order valence-electron chi connectivity index (χ2n) is 5.88. The quantitative estimate of drug-likeness (QED) is 0.773. The molecule has 0 N–H and O–H groups in total. The highest BCUT2D eigenvalue weighted by atomic mass is 16.5. The molecule has 0 saturated carbocycles. The standard InChI is InChI=1S/C18H21N3O4/c1-20-13(8-9-19-20)11-25-12-17(22)21-10-4-6-14-15(18(23)24-2)5-3-7-16(14)21/h3,5,7-9H,4,6,10-12H2,1-2H3. The lowest BCUT2D eigenvalue weighted by molar-refractivity contribution is -0.123. The first-order chi connectivity index (χ1) is 12.1. The summed E-state index contributed by atoms with van der Waals surface area (Å²) in [4.78, 5) is 26.2. The molecule has 1 amide bonds. The predicted molar refractivity (Wildman–Crippen MR) is 91.3 cm³/mol. The average Bonchev–Trinajstić information content (AvgIpc) is 3.05. The van der Waals surface area contributed by atoms with E-state index in [1.54, 1.807) is 27.9 Å². The highest BCUT2D eigenvalue weighted by molar-refractivity contribution is 5.99. The van der Waals surface area contributed by atoms with Crippen LogP contribution in [0, 0.1) is 0 Å². The highest BCUT2D eigenvalue weighted by Crippen LogP contribution is 2.30.